The van der Waals surface area contributed by atoms with E-state index < -0.39 is 0 Å². The van der Waals surface area contributed by atoms with Gasteiger partial charge in [0.2, 0.25) is 0 Å². The molecule has 2 N–H and O–H groups in total. The third-order valence-electron chi connectivity index (χ3n) is 19.1. The fourth-order valence-electron chi connectivity index (χ4n) is 15.0. The van der Waals surface area contributed by atoms with Gasteiger partial charge in [-0.3, -0.25) is 0 Å². The summed E-state index contributed by atoms with van der Waals surface area (Å²) in [6.45, 7) is 17.9. The third-order valence-corrected chi connectivity index (χ3v) is 19.1. The van der Waals surface area contributed by atoms with E-state index >= 15 is 0 Å². The summed E-state index contributed by atoms with van der Waals surface area (Å²) < 4.78 is 0. The fourth-order valence-corrected chi connectivity index (χ4v) is 15.0. The maximum Gasteiger partial charge on any atom is 0.0816 e. The molecule has 14 aromatic rings. The lowest BCUT2D eigenvalue weighted by molar-refractivity contribution is 1.35. The van der Waals surface area contributed by atoms with Gasteiger partial charge in [0.15, 0.2) is 0 Å². The van der Waals surface area contributed by atoms with Crippen LogP contribution in [0.25, 0.3) is 176 Å². The molecule has 0 radical (unpaired) electrons. The van der Waals surface area contributed by atoms with Crippen LogP contribution in [0.5, 0.6) is 0 Å². The Labute approximate surface area is 511 Å². The molecule has 418 valence electrons. The van der Waals surface area contributed by atoms with Gasteiger partial charge >= 0.3 is 0 Å². The number of hydrogen-bond donors (Lipinski definition) is 2. The molecule has 1 aliphatic carbocycles. The van der Waals surface area contributed by atoms with E-state index in [9.17, 15) is 0 Å². The van der Waals surface area contributed by atoms with Crippen LogP contribution in [0.1, 0.15) is 44.5 Å². The first-order chi connectivity index (χ1) is 42.9. The fraction of sp³-hybridized carbons (Fsp3) is 0.0952. The Morgan fingerprint density at radius 1 is 0.216 bits per heavy atom. The van der Waals surface area contributed by atoms with Crippen LogP contribution in [-0.4, -0.2) is 19.9 Å². The highest BCUT2D eigenvalue weighted by molar-refractivity contribution is 6.25. The summed E-state index contributed by atoms with van der Waals surface area (Å²) in [6, 6.07) is 82.3. The lowest BCUT2D eigenvalue weighted by Gasteiger charge is -2.13. The van der Waals surface area contributed by atoms with Gasteiger partial charge in [0.1, 0.15) is 0 Å². The van der Waals surface area contributed by atoms with Crippen molar-refractivity contribution in [2.24, 2.45) is 0 Å². The Hall–Kier alpha value is -10.7. The highest BCUT2D eigenvalue weighted by Gasteiger charge is 2.32. The van der Waals surface area contributed by atoms with E-state index in [1.165, 1.54) is 66.1 Å². The van der Waals surface area contributed by atoms with Crippen molar-refractivity contribution in [3.05, 3.63) is 263 Å². The second-order valence-electron chi connectivity index (χ2n) is 25.1. The molecule has 0 saturated carbocycles. The van der Waals surface area contributed by atoms with Gasteiger partial charge in [-0.2, -0.15) is 0 Å². The molecule has 0 spiro atoms. The zero-order chi connectivity index (χ0) is 59.4. The SMILES string of the molecule is Cc1ccc(-c2c3nc(c(-c4ccc(C)cc4C)c4[nH]c(c(-c5ccc(C)cc5C)c5nc(c(-c6ccc(C)cc6C)c6[nH]c2c2cc7ccccc7cc62)-c2cc6ccccc6cc2-5)c2cc5ccccc5cc42)-c2cc4ccccc4cc2-3)c(C)c1. The van der Waals surface area contributed by atoms with Crippen molar-refractivity contribution in [3.8, 4) is 89.5 Å². The van der Waals surface area contributed by atoms with E-state index in [-0.39, 0.29) is 0 Å². The summed E-state index contributed by atoms with van der Waals surface area (Å²) in [6.07, 6.45) is 0. The minimum atomic E-state index is 0.919. The van der Waals surface area contributed by atoms with Crippen LogP contribution in [0.3, 0.4) is 0 Å². The number of aromatic nitrogens is 4. The first-order valence-electron chi connectivity index (χ1n) is 30.8. The largest absolute Gasteiger partial charge is 0.353 e. The summed E-state index contributed by atoms with van der Waals surface area (Å²) in [7, 11) is 0. The third kappa shape index (κ3) is 7.91. The van der Waals surface area contributed by atoms with E-state index in [4.69, 9.17) is 9.97 Å². The molecule has 4 nitrogen and oxygen atoms in total. The van der Waals surface area contributed by atoms with Gasteiger partial charge < -0.3 is 9.97 Å². The summed E-state index contributed by atoms with van der Waals surface area (Å²) in [5.74, 6) is 0. The number of aryl methyl sites for hydroxylation is 8. The second-order valence-corrected chi connectivity index (χ2v) is 25.1. The van der Waals surface area contributed by atoms with Gasteiger partial charge in [-0.25, -0.2) is 9.97 Å². The van der Waals surface area contributed by atoms with E-state index in [0.29, 0.717) is 0 Å². The number of hydrogen-bond acceptors (Lipinski definition) is 2. The van der Waals surface area contributed by atoms with Crippen LogP contribution in [0.4, 0.5) is 0 Å². The van der Waals surface area contributed by atoms with Gasteiger partial charge in [-0.05, 0) is 192 Å². The highest BCUT2D eigenvalue weighted by Crippen LogP contribution is 2.54. The first-order valence-corrected chi connectivity index (χ1v) is 30.8. The summed E-state index contributed by atoms with van der Waals surface area (Å²) in [4.78, 5) is 21.5. The summed E-state index contributed by atoms with van der Waals surface area (Å²) in [5.41, 5.74) is 30.2. The maximum atomic E-state index is 6.34. The van der Waals surface area contributed by atoms with Gasteiger partial charge in [-0.15, -0.1) is 0 Å². The Morgan fingerprint density at radius 2 is 0.420 bits per heavy atom. The first kappa shape index (κ1) is 51.7. The van der Waals surface area contributed by atoms with Crippen molar-refractivity contribution in [1.82, 2.24) is 19.9 Å². The zero-order valence-corrected chi connectivity index (χ0v) is 50.7. The zero-order valence-electron chi connectivity index (χ0n) is 50.7. The number of fused-ring (bicyclic) bond motifs is 4. The molecule has 4 heteroatoms. The number of benzene rings is 12. The molecule has 88 heavy (non-hydrogen) atoms. The lowest BCUT2D eigenvalue weighted by Crippen LogP contribution is -1.92. The number of H-pyrrole nitrogens is 2. The van der Waals surface area contributed by atoms with Crippen LogP contribution >= 0.6 is 0 Å². The molecule has 2 aromatic heterocycles. The molecule has 4 heterocycles. The van der Waals surface area contributed by atoms with Crippen LogP contribution in [-0.2, 0) is 0 Å². The van der Waals surface area contributed by atoms with Gasteiger partial charge in [-0.1, -0.05) is 192 Å². The van der Waals surface area contributed by atoms with Crippen LogP contribution in [0.15, 0.2) is 218 Å². The topological polar surface area (TPSA) is 57.4 Å². The van der Waals surface area contributed by atoms with E-state index in [2.05, 4.69) is 284 Å². The van der Waals surface area contributed by atoms with E-state index in [0.717, 1.165) is 155 Å². The Balaban J connectivity index is 1.25. The maximum absolute atomic E-state index is 6.34. The molecule has 17 rings (SSSR count). The minimum absolute atomic E-state index is 0.919. The molecular weight excluding hydrogens is 1060 g/mol. The van der Waals surface area contributed by atoms with E-state index in [1.54, 1.807) is 0 Å². The van der Waals surface area contributed by atoms with Crippen LogP contribution < -0.4 is 0 Å². The van der Waals surface area contributed by atoms with Gasteiger partial charge in [0.25, 0.3) is 0 Å². The van der Waals surface area contributed by atoms with Gasteiger partial charge in [0.05, 0.1) is 44.8 Å². The molecule has 0 amide bonds. The normalized spacial score (nSPS) is 12.1. The van der Waals surface area contributed by atoms with Crippen molar-refractivity contribution in [2.75, 3.05) is 0 Å². The van der Waals surface area contributed by atoms with Crippen molar-refractivity contribution in [1.29, 1.82) is 0 Å². The van der Waals surface area contributed by atoms with Crippen LogP contribution in [0, 0.1) is 55.4 Å². The standard InChI is InChI=1S/C84H62N4/c1-45-25-29-61(49(5)33-45)73-77-65-37-53-17-9-11-19-55(53)39-67(65)79(85-77)74(62-30-26-46(2)34-50(62)6)81-69-41-57-21-13-15-23-59(57)43-71(69)83(87-81)76(64-32-28-48(4)36-52(64)8)84-72-44-60-24-16-14-22-58(60)42-70(72)82(88-84)75(63-31-27-47(3)35-51(63)7)80-68-40-56-20-12-10-18-54(56)38-66(68)78(73)86-80/h9-44,85,88H,1-8H3. The number of aromatic amines is 2. The minimum Gasteiger partial charge on any atom is -0.353 e. The quantitative estimate of drug-likeness (QED) is 0.184. The predicted molar refractivity (Wildman–Crippen MR) is 375 cm³/mol. The van der Waals surface area contributed by atoms with Crippen LogP contribution in [0.2, 0.25) is 0 Å². The van der Waals surface area contributed by atoms with Crippen molar-refractivity contribution < 1.29 is 0 Å². The molecule has 0 atom stereocenters. The van der Waals surface area contributed by atoms with Crippen molar-refractivity contribution >= 4 is 86.7 Å². The summed E-state index contributed by atoms with van der Waals surface area (Å²) >= 11 is 0. The summed E-state index contributed by atoms with van der Waals surface area (Å²) in [5, 5.41) is 13.8. The molecule has 3 aliphatic rings. The number of rotatable bonds is 4. The average Bonchev–Trinajstić information content (AvgIpc) is 1.60. The lowest BCUT2D eigenvalue weighted by atomic mass is 9.89. The Kier molecular flexibility index (Phi) is 11.4. The van der Waals surface area contributed by atoms with Gasteiger partial charge in [0, 0.05) is 66.1 Å². The molecule has 0 saturated heterocycles. The smallest absolute Gasteiger partial charge is 0.0816 e. The monoisotopic (exact) mass is 1130 g/mol. The second kappa shape index (κ2) is 19.4. The molecule has 0 unspecified atom stereocenters. The number of nitrogens with zero attached hydrogens (tertiary/aromatic N) is 2. The van der Waals surface area contributed by atoms with Crippen molar-refractivity contribution in [2.45, 2.75) is 55.4 Å². The molecule has 2 aliphatic heterocycles. The Morgan fingerprint density at radius 3 is 0.625 bits per heavy atom. The molecule has 12 aromatic carbocycles. The molecular formula is C84H62N4. The van der Waals surface area contributed by atoms with Crippen molar-refractivity contribution in [3.63, 3.8) is 0 Å². The number of nitrogens with one attached hydrogen (secondary N) is 2. The molecule has 0 fully saturated rings. The highest BCUT2D eigenvalue weighted by atomic mass is 14.8. The predicted octanol–water partition coefficient (Wildman–Crippen LogP) is 23.0. The molecule has 8 bridgehead atoms. The average molecular weight is 1130 g/mol. The Bertz CT molecular complexity index is 5090. The van der Waals surface area contributed by atoms with E-state index in [1.807, 2.05) is 0 Å².